The molecule has 2 unspecified atom stereocenters. The minimum Gasteiger partial charge on any atom is -0.380 e. The van der Waals surface area contributed by atoms with Crippen molar-refractivity contribution in [3.05, 3.63) is 0 Å². The summed E-state index contributed by atoms with van der Waals surface area (Å²) in [7, 11) is 2.31. The second-order valence-electron chi connectivity index (χ2n) is 6.76. The number of nitrogens with zero attached hydrogens (tertiary/aromatic N) is 2. The third kappa shape index (κ3) is 5.85. The topological polar surface area (TPSA) is 27.7 Å². The van der Waals surface area contributed by atoms with Crippen molar-refractivity contribution < 1.29 is 4.74 Å². The molecule has 0 aliphatic carbocycles. The molecular formula is C17H35N3O. The summed E-state index contributed by atoms with van der Waals surface area (Å²) in [6.45, 7) is 11.2. The SMILES string of the molecule is CCCCOCCNCCN1CCC2C(CCCN2C)C1. The van der Waals surface area contributed by atoms with E-state index in [1.807, 2.05) is 0 Å². The van der Waals surface area contributed by atoms with Crippen molar-refractivity contribution in [2.75, 3.05) is 59.5 Å². The molecule has 2 saturated heterocycles. The molecule has 4 heteroatoms. The lowest BCUT2D eigenvalue weighted by molar-refractivity contribution is 0.0388. The van der Waals surface area contributed by atoms with E-state index in [1.165, 1.54) is 58.3 Å². The molecule has 0 saturated carbocycles. The van der Waals surface area contributed by atoms with Crippen LogP contribution in [0.5, 0.6) is 0 Å². The molecule has 0 aromatic carbocycles. The second kappa shape index (κ2) is 9.78. The fourth-order valence-corrected chi connectivity index (χ4v) is 3.79. The minimum atomic E-state index is 0.856. The zero-order valence-corrected chi connectivity index (χ0v) is 14.1. The summed E-state index contributed by atoms with van der Waals surface area (Å²) < 4.78 is 5.57. The van der Waals surface area contributed by atoms with Crippen LogP contribution in [0.15, 0.2) is 0 Å². The van der Waals surface area contributed by atoms with Gasteiger partial charge in [0.05, 0.1) is 6.61 Å². The molecule has 2 rings (SSSR count). The van der Waals surface area contributed by atoms with E-state index >= 15 is 0 Å². The van der Waals surface area contributed by atoms with Crippen molar-refractivity contribution in [2.24, 2.45) is 5.92 Å². The fourth-order valence-electron chi connectivity index (χ4n) is 3.79. The molecule has 0 aromatic heterocycles. The Bertz CT molecular complexity index is 275. The lowest BCUT2D eigenvalue weighted by atomic mass is 9.84. The van der Waals surface area contributed by atoms with Gasteiger partial charge in [0.25, 0.3) is 0 Å². The number of unbranched alkanes of at least 4 members (excludes halogenated alkanes) is 1. The summed E-state index contributed by atoms with van der Waals surface area (Å²) in [6.07, 6.45) is 6.59. The standard InChI is InChI=1S/C17H35N3O/c1-3-4-13-21-14-9-18-8-12-20-11-7-17-16(15-20)6-5-10-19(17)2/h16-18H,3-15H2,1-2H3. The van der Waals surface area contributed by atoms with Crippen LogP contribution in [-0.2, 0) is 4.74 Å². The third-order valence-corrected chi connectivity index (χ3v) is 5.10. The number of hydrogen-bond acceptors (Lipinski definition) is 4. The maximum absolute atomic E-state index is 5.57. The molecule has 4 nitrogen and oxygen atoms in total. The van der Waals surface area contributed by atoms with Crippen LogP contribution in [0.2, 0.25) is 0 Å². The highest BCUT2D eigenvalue weighted by Crippen LogP contribution is 2.29. The zero-order valence-electron chi connectivity index (χ0n) is 14.1. The second-order valence-corrected chi connectivity index (χ2v) is 6.76. The smallest absolute Gasteiger partial charge is 0.0590 e. The van der Waals surface area contributed by atoms with Gasteiger partial charge in [0.1, 0.15) is 0 Å². The van der Waals surface area contributed by atoms with Crippen molar-refractivity contribution in [3.63, 3.8) is 0 Å². The van der Waals surface area contributed by atoms with Crippen LogP contribution >= 0.6 is 0 Å². The lowest BCUT2D eigenvalue weighted by Gasteiger charge is -2.46. The van der Waals surface area contributed by atoms with E-state index in [4.69, 9.17) is 4.74 Å². The quantitative estimate of drug-likeness (QED) is 0.657. The molecule has 2 aliphatic rings. The monoisotopic (exact) mass is 297 g/mol. The van der Waals surface area contributed by atoms with Gasteiger partial charge in [-0.2, -0.15) is 0 Å². The van der Waals surface area contributed by atoms with E-state index < -0.39 is 0 Å². The number of ether oxygens (including phenoxy) is 1. The van der Waals surface area contributed by atoms with Crippen molar-refractivity contribution >= 4 is 0 Å². The molecule has 0 bridgehead atoms. The average molecular weight is 297 g/mol. The van der Waals surface area contributed by atoms with Crippen LogP contribution in [0.4, 0.5) is 0 Å². The zero-order chi connectivity index (χ0) is 14.9. The highest BCUT2D eigenvalue weighted by Gasteiger charge is 2.33. The number of rotatable bonds is 9. The first-order valence-corrected chi connectivity index (χ1v) is 9.02. The maximum Gasteiger partial charge on any atom is 0.0590 e. The molecule has 0 amide bonds. The van der Waals surface area contributed by atoms with Gasteiger partial charge in [-0.15, -0.1) is 0 Å². The first-order chi connectivity index (χ1) is 10.3. The molecule has 2 heterocycles. The molecule has 124 valence electrons. The summed E-state index contributed by atoms with van der Waals surface area (Å²) in [5.41, 5.74) is 0. The molecular weight excluding hydrogens is 262 g/mol. The van der Waals surface area contributed by atoms with Gasteiger partial charge in [-0.3, -0.25) is 0 Å². The highest BCUT2D eigenvalue weighted by molar-refractivity contribution is 4.89. The average Bonchev–Trinajstić information content (AvgIpc) is 2.50. The Hall–Kier alpha value is -0.160. The van der Waals surface area contributed by atoms with E-state index in [2.05, 4.69) is 29.1 Å². The van der Waals surface area contributed by atoms with Gasteiger partial charge < -0.3 is 19.9 Å². The molecule has 2 atom stereocenters. The maximum atomic E-state index is 5.57. The summed E-state index contributed by atoms with van der Waals surface area (Å²) >= 11 is 0. The van der Waals surface area contributed by atoms with Crippen molar-refractivity contribution in [1.82, 2.24) is 15.1 Å². The van der Waals surface area contributed by atoms with Crippen LogP contribution in [0.1, 0.15) is 39.0 Å². The van der Waals surface area contributed by atoms with Gasteiger partial charge in [0.2, 0.25) is 0 Å². The number of likely N-dealkylation sites (tertiary alicyclic amines) is 2. The molecule has 2 aliphatic heterocycles. The van der Waals surface area contributed by atoms with E-state index in [0.717, 1.165) is 38.3 Å². The molecule has 0 radical (unpaired) electrons. The first kappa shape index (κ1) is 17.2. The Balaban J connectivity index is 1.50. The van der Waals surface area contributed by atoms with E-state index in [9.17, 15) is 0 Å². The van der Waals surface area contributed by atoms with Gasteiger partial charge in [-0.05, 0) is 51.7 Å². The van der Waals surface area contributed by atoms with E-state index in [0.29, 0.717) is 0 Å². The Labute approximate surface area is 131 Å². The van der Waals surface area contributed by atoms with Crippen LogP contribution in [0.25, 0.3) is 0 Å². The predicted molar refractivity (Wildman–Crippen MR) is 88.8 cm³/mol. The largest absolute Gasteiger partial charge is 0.380 e. The van der Waals surface area contributed by atoms with Crippen molar-refractivity contribution in [2.45, 2.75) is 45.1 Å². The minimum absolute atomic E-state index is 0.856. The third-order valence-electron chi connectivity index (χ3n) is 5.10. The van der Waals surface area contributed by atoms with Gasteiger partial charge in [0, 0.05) is 38.8 Å². The first-order valence-electron chi connectivity index (χ1n) is 9.02. The Kier molecular flexibility index (Phi) is 8.01. The summed E-state index contributed by atoms with van der Waals surface area (Å²) in [5.74, 6) is 0.912. The van der Waals surface area contributed by atoms with E-state index in [1.54, 1.807) is 0 Å². The van der Waals surface area contributed by atoms with Gasteiger partial charge in [-0.1, -0.05) is 13.3 Å². The van der Waals surface area contributed by atoms with Crippen LogP contribution in [-0.4, -0.2) is 75.4 Å². The number of fused-ring (bicyclic) bond motifs is 1. The Morgan fingerprint density at radius 2 is 2.05 bits per heavy atom. The summed E-state index contributed by atoms with van der Waals surface area (Å²) in [6, 6.07) is 0.856. The Morgan fingerprint density at radius 1 is 1.14 bits per heavy atom. The molecule has 1 N–H and O–H groups in total. The van der Waals surface area contributed by atoms with Crippen LogP contribution in [0, 0.1) is 5.92 Å². The predicted octanol–water partition coefficient (Wildman–Crippen LogP) is 1.81. The normalized spacial score (nSPS) is 27.7. The van der Waals surface area contributed by atoms with Crippen LogP contribution < -0.4 is 5.32 Å². The van der Waals surface area contributed by atoms with Crippen molar-refractivity contribution in [1.29, 1.82) is 0 Å². The number of hydrogen-bond donors (Lipinski definition) is 1. The molecule has 2 fully saturated rings. The molecule has 0 spiro atoms. The highest BCUT2D eigenvalue weighted by atomic mass is 16.5. The molecule has 0 aromatic rings. The van der Waals surface area contributed by atoms with E-state index in [-0.39, 0.29) is 0 Å². The summed E-state index contributed by atoms with van der Waals surface area (Å²) in [5, 5.41) is 3.51. The van der Waals surface area contributed by atoms with Gasteiger partial charge in [-0.25, -0.2) is 0 Å². The lowest BCUT2D eigenvalue weighted by Crippen LogP contribution is -2.53. The molecule has 21 heavy (non-hydrogen) atoms. The Morgan fingerprint density at radius 3 is 2.90 bits per heavy atom. The number of nitrogens with one attached hydrogen (secondary N) is 1. The number of piperidine rings is 2. The van der Waals surface area contributed by atoms with Gasteiger partial charge >= 0.3 is 0 Å². The summed E-state index contributed by atoms with van der Waals surface area (Å²) in [4.78, 5) is 5.25. The fraction of sp³-hybridized carbons (Fsp3) is 1.00. The van der Waals surface area contributed by atoms with Crippen molar-refractivity contribution in [3.8, 4) is 0 Å². The van der Waals surface area contributed by atoms with Crippen LogP contribution in [0.3, 0.4) is 0 Å². The van der Waals surface area contributed by atoms with Gasteiger partial charge in [0.15, 0.2) is 0 Å².